The molecule has 0 atom stereocenters. The van der Waals surface area contributed by atoms with E-state index in [0.29, 0.717) is 13.2 Å². The van der Waals surface area contributed by atoms with E-state index in [1.807, 2.05) is 0 Å². The normalized spacial score (nSPS) is 10.2. The van der Waals surface area contributed by atoms with Crippen molar-refractivity contribution in [2.45, 2.75) is 0 Å². The number of nitrogens with zero attached hydrogens (tertiary/aromatic N) is 1. The van der Waals surface area contributed by atoms with Gasteiger partial charge in [-0.2, -0.15) is 0 Å². The van der Waals surface area contributed by atoms with Gasteiger partial charge in [-0.05, 0) is 30.3 Å². The van der Waals surface area contributed by atoms with Crippen LogP contribution >= 0.6 is 0 Å². The van der Waals surface area contributed by atoms with Gasteiger partial charge in [0.25, 0.3) is 11.6 Å². The van der Waals surface area contributed by atoms with Crippen LogP contribution in [0.4, 0.5) is 21.5 Å². The smallest absolute Gasteiger partial charge is 0.338 e. The van der Waals surface area contributed by atoms with Crippen molar-refractivity contribution in [1.82, 2.24) is 0 Å². The third-order valence-corrected chi connectivity index (χ3v) is 3.49. The molecule has 148 valence electrons. The summed E-state index contributed by atoms with van der Waals surface area (Å²) in [6.07, 6.45) is 0. The summed E-state index contributed by atoms with van der Waals surface area (Å²) in [7, 11) is 1.50. The van der Waals surface area contributed by atoms with Crippen LogP contribution in [0.1, 0.15) is 10.4 Å². The summed E-state index contributed by atoms with van der Waals surface area (Å²) in [5, 5.41) is 16.4. The lowest BCUT2D eigenvalue weighted by molar-refractivity contribution is -0.384. The molecule has 2 aromatic rings. The van der Waals surface area contributed by atoms with Crippen molar-refractivity contribution in [3.05, 3.63) is 64.0 Å². The third kappa shape index (κ3) is 6.02. The van der Waals surface area contributed by atoms with Crippen LogP contribution in [0.2, 0.25) is 0 Å². The minimum Gasteiger partial charge on any atom is -0.452 e. The Kier molecular flexibility index (Phi) is 7.40. The second-order valence-electron chi connectivity index (χ2n) is 5.54. The molecule has 0 heterocycles. The molecular weight excluding hydrogens is 373 g/mol. The number of methoxy groups -OCH3 is 1. The van der Waals surface area contributed by atoms with E-state index in [9.17, 15) is 24.1 Å². The first-order valence-electron chi connectivity index (χ1n) is 8.14. The number of carbonyl (C=O) groups excluding carboxylic acids is 2. The lowest BCUT2D eigenvalue weighted by Crippen LogP contribution is -2.21. The molecule has 2 aromatic carbocycles. The standard InChI is InChI=1S/C18H18FN3O6/c1-27-8-7-20-15-6-5-12(9-16(15)22(25)26)18(24)28-11-17(23)21-14-4-2-3-13(19)10-14/h2-6,9-10,20H,7-8,11H2,1H3,(H,21,23). The van der Waals surface area contributed by atoms with Gasteiger partial charge in [0, 0.05) is 25.4 Å². The number of hydrogen-bond donors (Lipinski definition) is 2. The summed E-state index contributed by atoms with van der Waals surface area (Å²) in [6, 6.07) is 8.99. The van der Waals surface area contributed by atoms with Crippen molar-refractivity contribution in [2.75, 3.05) is 37.5 Å². The molecule has 0 radical (unpaired) electrons. The maximum atomic E-state index is 13.1. The number of nitro benzene ring substituents is 1. The van der Waals surface area contributed by atoms with Crippen molar-refractivity contribution in [2.24, 2.45) is 0 Å². The lowest BCUT2D eigenvalue weighted by Gasteiger charge is -2.09. The van der Waals surface area contributed by atoms with Crippen molar-refractivity contribution in [3.63, 3.8) is 0 Å². The van der Waals surface area contributed by atoms with E-state index in [0.717, 1.165) is 12.1 Å². The molecule has 0 aliphatic rings. The molecule has 0 unspecified atom stereocenters. The summed E-state index contributed by atoms with van der Waals surface area (Å²) in [6.45, 7) is 0.0692. The quantitative estimate of drug-likeness (QED) is 0.292. The molecule has 2 N–H and O–H groups in total. The van der Waals surface area contributed by atoms with Crippen LogP contribution in [-0.2, 0) is 14.3 Å². The molecule has 0 saturated carbocycles. The SMILES string of the molecule is COCCNc1ccc(C(=O)OCC(=O)Nc2cccc(F)c2)cc1[N+](=O)[O-]. The molecule has 0 aromatic heterocycles. The van der Waals surface area contributed by atoms with Crippen LogP contribution in [0.3, 0.4) is 0 Å². The van der Waals surface area contributed by atoms with E-state index in [1.54, 1.807) is 0 Å². The van der Waals surface area contributed by atoms with Crippen molar-refractivity contribution >= 4 is 28.9 Å². The molecule has 1 amide bonds. The molecule has 10 heteroatoms. The van der Waals surface area contributed by atoms with Crippen molar-refractivity contribution in [3.8, 4) is 0 Å². The Hall–Kier alpha value is -3.53. The first kappa shape index (κ1) is 20.8. The van der Waals surface area contributed by atoms with Crippen LogP contribution in [0.5, 0.6) is 0 Å². The molecule has 9 nitrogen and oxygen atoms in total. The largest absolute Gasteiger partial charge is 0.452 e. The fourth-order valence-corrected chi connectivity index (χ4v) is 2.22. The van der Waals surface area contributed by atoms with E-state index in [2.05, 4.69) is 10.6 Å². The Labute approximate surface area is 159 Å². The first-order valence-corrected chi connectivity index (χ1v) is 8.14. The van der Waals surface area contributed by atoms with Crippen LogP contribution in [-0.4, -0.2) is 43.7 Å². The highest BCUT2D eigenvalue weighted by molar-refractivity contribution is 5.96. The number of nitrogens with one attached hydrogen (secondary N) is 2. The van der Waals surface area contributed by atoms with Gasteiger partial charge in [0.15, 0.2) is 6.61 Å². The van der Waals surface area contributed by atoms with Gasteiger partial charge in [-0.15, -0.1) is 0 Å². The highest BCUT2D eigenvalue weighted by Gasteiger charge is 2.19. The Morgan fingerprint density at radius 2 is 2.00 bits per heavy atom. The summed E-state index contributed by atoms with van der Waals surface area (Å²) in [5.41, 5.74) is 0.0444. The number of hydrogen-bond acceptors (Lipinski definition) is 7. The summed E-state index contributed by atoms with van der Waals surface area (Å²) in [4.78, 5) is 34.4. The maximum Gasteiger partial charge on any atom is 0.338 e. The Balaban J connectivity index is 1.98. The number of ether oxygens (including phenoxy) is 2. The van der Waals surface area contributed by atoms with Gasteiger partial charge in [-0.3, -0.25) is 14.9 Å². The molecule has 28 heavy (non-hydrogen) atoms. The summed E-state index contributed by atoms with van der Waals surface area (Å²) in [5.74, 6) is -2.10. The Bertz CT molecular complexity index is 874. The van der Waals surface area contributed by atoms with Gasteiger partial charge < -0.3 is 20.1 Å². The van der Waals surface area contributed by atoms with E-state index in [1.165, 1.54) is 37.4 Å². The Morgan fingerprint density at radius 3 is 2.68 bits per heavy atom. The Morgan fingerprint density at radius 1 is 1.21 bits per heavy atom. The van der Waals surface area contributed by atoms with Crippen molar-refractivity contribution in [1.29, 1.82) is 0 Å². The maximum absolute atomic E-state index is 13.1. The van der Waals surface area contributed by atoms with Crippen molar-refractivity contribution < 1.29 is 28.4 Å². The monoisotopic (exact) mass is 391 g/mol. The lowest BCUT2D eigenvalue weighted by atomic mass is 10.1. The van der Waals surface area contributed by atoms with Crippen LogP contribution in [0.25, 0.3) is 0 Å². The number of halogens is 1. The average Bonchev–Trinajstić information content (AvgIpc) is 2.66. The minimum absolute atomic E-state index is 0.0810. The number of esters is 1. The predicted molar refractivity (Wildman–Crippen MR) is 98.8 cm³/mol. The first-order chi connectivity index (χ1) is 13.4. The molecule has 0 aliphatic carbocycles. The van der Waals surface area contributed by atoms with E-state index in [-0.39, 0.29) is 22.6 Å². The zero-order valence-corrected chi connectivity index (χ0v) is 14.9. The minimum atomic E-state index is -0.902. The molecule has 0 saturated heterocycles. The molecule has 2 rings (SSSR count). The zero-order chi connectivity index (χ0) is 20.5. The van der Waals surface area contributed by atoms with E-state index >= 15 is 0 Å². The van der Waals surface area contributed by atoms with Gasteiger partial charge in [0.1, 0.15) is 11.5 Å². The molecule has 0 fully saturated rings. The van der Waals surface area contributed by atoms with Crippen LogP contribution in [0, 0.1) is 15.9 Å². The van der Waals surface area contributed by atoms with Gasteiger partial charge in [0.2, 0.25) is 0 Å². The number of anilines is 2. The fraction of sp³-hybridized carbons (Fsp3) is 0.222. The number of benzene rings is 2. The summed E-state index contributed by atoms with van der Waals surface area (Å²) >= 11 is 0. The number of amides is 1. The van der Waals surface area contributed by atoms with Crippen LogP contribution in [0.15, 0.2) is 42.5 Å². The van der Waals surface area contributed by atoms with Gasteiger partial charge >= 0.3 is 5.97 Å². The highest BCUT2D eigenvalue weighted by atomic mass is 19.1. The number of carbonyl (C=O) groups is 2. The number of nitro groups is 1. The number of rotatable bonds is 9. The molecule has 0 aliphatic heterocycles. The topological polar surface area (TPSA) is 120 Å². The molecular formula is C18H18FN3O6. The second-order valence-corrected chi connectivity index (χ2v) is 5.54. The zero-order valence-electron chi connectivity index (χ0n) is 14.9. The van der Waals surface area contributed by atoms with E-state index < -0.39 is 29.2 Å². The van der Waals surface area contributed by atoms with Gasteiger partial charge in [0.05, 0.1) is 17.1 Å². The third-order valence-electron chi connectivity index (χ3n) is 3.49. The van der Waals surface area contributed by atoms with Crippen LogP contribution < -0.4 is 10.6 Å². The highest BCUT2D eigenvalue weighted by Crippen LogP contribution is 2.25. The average molecular weight is 391 g/mol. The fourth-order valence-electron chi connectivity index (χ4n) is 2.22. The second kappa shape index (κ2) is 9.97. The van der Waals surface area contributed by atoms with Gasteiger partial charge in [-0.25, -0.2) is 9.18 Å². The van der Waals surface area contributed by atoms with E-state index in [4.69, 9.17) is 9.47 Å². The predicted octanol–water partition coefficient (Wildman–Crippen LogP) is 2.59. The molecule has 0 spiro atoms. The molecule has 0 bridgehead atoms. The summed E-state index contributed by atoms with van der Waals surface area (Å²) < 4.78 is 22.8. The van der Waals surface area contributed by atoms with Gasteiger partial charge in [-0.1, -0.05) is 6.07 Å².